The second-order valence-electron chi connectivity index (χ2n) is 10.3. The van der Waals surface area contributed by atoms with Crippen LogP contribution in [0.5, 0.6) is 11.5 Å². The van der Waals surface area contributed by atoms with Crippen molar-refractivity contribution in [2.75, 3.05) is 13.7 Å². The summed E-state index contributed by atoms with van der Waals surface area (Å²) in [7, 11) is 1.62. The van der Waals surface area contributed by atoms with Crippen molar-refractivity contribution in [2.24, 2.45) is 11.7 Å². The number of allylic oxidation sites excluding steroid dienone is 2. The molecule has 1 atom stereocenters. The van der Waals surface area contributed by atoms with E-state index in [9.17, 15) is 4.79 Å². The second-order valence-corrected chi connectivity index (χ2v) is 10.3. The van der Waals surface area contributed by atoms with E-state index in [0.717, 1.165) is 18.4 Å². The Hall–Kier alpha value is -2.01. The molecule has 0 radical (unpaired) electrons. The zero-order valence-corrected chi connectivity index (χ0v) is 23.7. The third-order valence-corrected chi connectivity index (χ3v) is 6.67. The highest BCUT2D eigenvalue weighted by molar-refractivity contribution is 5.75. The van der Waals surface area contributed by atoms with Gasteiger partial charge in [0.1, 0.15) is 6.61 Å². The van der Waals surface area contributed by atoms with Crippen LogP contribution in [0.1, 0.15) is 116 Å². The van der Waals surface area contributed by atoms with Crippen LogP contribution in [0.2, 0.25) is 0 Å². The molecule has 3 N–H and O–H groups in total. The highest BCUT2D eigenvalue weighted by atomic mass is 16.5. The van der Waals surface area contributed by atoms with E-state index in [1.807, 2.05) is 18.2 Å². The molecule has 1 aromatic rings. The van der Waals surface area contributed by atoms with Gasteiger partial charge in [0.05, 0.1) is 7.11 Å². The lowest BCUT2D eigenvalue weighted by molar-refractivity contribution is -0.121. The average molecular weight is 503 g/mol. The molecule has 36 heavy (non-hydrogen) atoms. The fourth-order valence-corrected chi connectivity index (χ4v) is 3.96. The summed E-state index contributed by atoms with van der Waals surface area (Å²) in [6.07, 6.45) is 21.7. The molecule has 0 saturated heterocycles. The van der Waals surface area contributed by atoms with Gasteiger partial charge in [-0.25, -0.2) is 0 Å². The van der Waals surface area contributed by atoms with Crippen molar-refractivity contribution in [1.29, 1.82) is 0 Å². The highest BCUT2D eigenvalue weighted by Gasteiger charge is 2.12. The SMILES string of the molecule is CCCCCCCCC=CCCCCCCCC(=O)NCc1ccc(OC[C@@H](N)C(C)C)c(OC)c1. The minimum absolute atomic E-state index is 0.0229. The molecule has 5 nitrogen and oxygen atoms in total. The molecule has 5 heteroatoms. The average Bonchev–Trinajstić information content (AvgIpc) is 2.88. The van der Waals surface area contributed by atoms with Gasteiger partial charge < -0.3 is 20.5 Å². The Morgan fingerprint density at radius 1 is 0.917 bits per heavy atom. The van der Waals surface area contributed by atoms with Gasteiger partial charge >= 0.3 is 0 Å². The number of benzene rings is 1. The first-order chi connectivity index (χ1) is 17.5. The molecule has 1 aromatic carbocycles. The molecule has 1 amide bonds. The number of carbonyl (C=O) groups is 1. The number of amides is 1. The van der Waals surface area contributed by atoms with Crippen LogP contribution in [-0.4, -0.2) is 25.7 Å². The molecule has 0 unspecified atom stereocenters. The van der Waals surface area contributed by atoms with Crippen LogP contribution in [0.4, 0.5) is 0 Å². The van der Waals surface area contributed by atoms with Crippen molar-refractivity contribution in [3.63, 3.8) is 0 Å². The van der Waals surface area contributed by atoms with E-state index in [2.05, 4.69) is 38.2 Å². The molecule has 206 valence electrons. The van der Waals surface area contributed by atoms with Crippen molar-refractivity contribution >= 4 is 5.91 Å². The molecule has 0 aliphatic rings. The fraction of sp³-hybridized carbons (Fsp3) is 0.710. The highest BCUT2D eigenvalue weighted by Crippen LogP contribution is 2.28. The van der Waals surface area contributed by atoms with Crippen molar-refractivity contribution in [3.8, 4) is 11.5 Å². The predicted octanol–water partition coefficient (Wildman–Crippen LogP) is 7.71. The number of methoxy groups -OCH3 is 1. The lowest BCUT2D eigenvalue weighted by atomic mass is 10.1. The number of ether oxygens (including phenoxy) is 2. The van der Waals surface area contributed by atoms with Crippen molar-refractivity contribution in [1.82, 2.24) is 5.32 Å². The molecular formula is C31H54N2O3. The minimum Gasteiger partial charge on any atom is -0.493 e. The van der Waals surface area contributed by atoms with Gasteiger partial charge in [-0.2, -0.15) is 0 Å². The first-order valence-corrected chi connectivity index (χ1v) is 14.4. The maximum absolute atomic E-state index is 12.2. The molecule has 0 aliphatic carbocycles. The Morgan fingerprint density at radius 2 is 1.53 bits per heavy atom. The molecule has 0 fully saturated rings. The summed E-state index contributed by atoms with van der Waals surface area (Å²) in [5.74, 6) is 1.80. The van der Waals surface area contributed by atoms with Crippen LogP contribution in [0.25, 0.3) is 0 Å². The summed E-state index contributed by atoms with van der Waals surface area (Å²) in [6.45, 7) is 7.36. The van der Waals surface area contributed by atoms with E-state index in [1.165, 1.54) is 70.6 Å². The quantitative estimate of drug-likeness (QED) is 0.126. The van der Waals surface area contributed by atoms with Crippen molar-refractivity contribution in [3.05, 3.63) is 35.9 Å². The standard InChI is InChI=1S/C31H54N2O3/c1-5-6-7-8-9-10-11-12-13-14-15-16-17-18-19-20-31(34)33-24-27-21-22-29(30(23-27)35-4)36-25-28(32)26(2)3/h12-13,21-23,26,28H,5-11,14-20,24-25,32H2,1-4H3,(H,33,34)/t28-/m1/s1. The molecular weight excluding hydrogens is 448 g/mol. The van der Waals surface area contributed by atoms with Gasteiger partial charge in [-0.1, -0.05) is 90.4 Å². The number of nitrogens with one attached hydrogen (secondary N) is 1. The maximum Gasteiger partial charge on any atom is 0.220 e. The summed E-state index contributed by atoms with van der Waals surface area (Å²) in [4.78, 5) is 12.2. The topological polar surface area (TPSA) is 73.6 Å². The third kappa shape index (κ3) is 15.9. The van der Waals surface area contributed by atoms with Gasteiger partial charge in [0.2, 0.25) is 5.91 Å². The van der Waals surface area contributed by atoms with E-state index in [-0.39, 0.29) is 11.9 Å². The van der Waals surface area contributed by atoms with Crippen LogP contribution in [0.3, 0.4) is 0 Å². The van der Waals surface area contributed by atoms with Gasteiger partial charge in [-0.15, -0.1) is 0 Å². The zero-order chi connectivity index (χ0) is 26.4. The summed E-state index contributed by atoms with van der Waals surface area (Å²) >= 11 is 0. The van der Waals surface area contributed by atoms with Gasteiger partial charge in [-0.05, 0) is 55.7 Å². The van der Waals surface area contributed by atoms with E-state index in [1.54, 1.807) is 7.11 Å². The number of carbonyl (C=O) groups excluding carboxylic acids is 1. The largest absolute Gasteiger partial charge is 0.493 e. The first kappa shape index (κ1) is 32.0. The number of unbranched alkanes of at least 4 members (excludes halogenated alkanes) is 11. The Balaban J connectivity index is 2.09. The summed E-state index contributed by atoms with van der Waals surface area (Å²) < 4.78 is 11.3. The molecule has 0 heterocycles. The van der Waals surface area contributed by atoms with Crippen LogP contribution < -0.4 is 20.5 Å². The lowest BCUT2D eigenvalue weighted by Crippen LogP contribution is -2.33. The van der Waals surface area contributed by atoms with Gasteiger partial charge in [0, 0.05) is 19.0 Å². The summed E-state index contributed by atoms with van der Waals surface area (Å²) in [5, 5.41) is 3.02. The Kier molecular flexibility index (Phi) is 18.8. The Bertz CT molecular complexity index is 718. The van der Waals surface area contributed by atoms with Crippen LogP contribution in [0, 0.1) is 5.92 Å². The monoisotopic (exact) mass is 502 g/mol. The summed E-state index contributed by atoms with van der Waals surface area (Å²) in [6, 6.07) is 5.74. The minimum atomic E-state index is -0.0229. The third-order valence-electron chi connectivity index (χ3n) is 6.67. The Labute approximate surface area is 221 Å². The van der Waals surface area contributed by atoms with Crippen LogP contribution in [-0.2, 0) is 11.3 Å². The molecule has 0 bridgehead atoms. The summed E-state index contributed by atoms with van der Waals surface area (Å²) in [5.41, 5.74) is 7.06. The second kappa shape index (κ2) is 21.1. The first-order valence-electron chi connectivity index (χ1n) is 14.4. The molecule has 0 aliphatic heterocycles. The Morgan fingerprint density at radius 3 is 2.14 bits per heavy atom. The van der Waals surface area contributed by atoms with E-state index < -0.39 is 0 Å². The van der Waals surface area contributed by atoms with E-state index >= 15 is 0 Å². The van der Waals surface area contributed by atoms with E-state index in [4.69, 9.17) is 15.2 Å². The number of hydrogen-bond acceptors (Lipinski definition) is 4. The zero-order valence-electron chi connectivity index (χ0n) is 23.7. The van der Waals surface area contributed by atoms with Gasteiger partial charge in [0.15, 0.2) is 11.5 Å². The predicted molar refractivity (Wildman–Crippen MR) is 153 cm³/mol. The molecule has 0 spiro atoms. The number of rotatable bonds is 22. The number of hydrogen-bond donors (Lipinski definition) is 2. The van der Waals surface area contributed by atoms with Crippen molar-refractivity contribution < 1.29 is 14.3 Å². The van der Waals surface area contributed by atoms with Crippen LogP contribution in [0.15, 0.2) is 30.4 Å². The smallest absolute Gasteiger partial charge is 0.220 e. The van der Waals surface area contributed by atoms with E-state index in [0.29, 0.717) is 37.0 Å². The van der Waals surface area contributed by atoms with Gasteiger partial charge in [0.25, 0.3) is 0 Å². The number of nitrogens with two attached hydrogens (primary N) is 1. The lowest BCUT2D eigenvalue weighted by Gasteiger charge is -2.18. The fourth-order valence-electron chi connectivity index (χ4n) is 3.96. The van der Waals surface area contributed by atoms with Crippen LogP contribution >= 0.6 is 0 Å². The molecule has 1 rings (SSSR count). The molecule has 0 saturated carbocycles. The normalized spacial score (nSPS) is 12.3. The maximum atomic E-state index is 12.2. The molecule has 0 aromatic heterocycles. The van der Waals surface area contributed by atoms with Crippen molar-refractivity contribution in [2.45, 2.75) is 123 Å². The van der Waals surface area contributed by atoms with Gasteiger partial charge in [-0.3, -0.25) is 4.79 Å².